The van der Waals surface area contributed by atoms with E-state index in [1.807, 2.05) is 18.2 Å². The summed E-state index contributed by atoms with van der Waals surface area (Å²) in [6.45, 7) is 0. The van der Waals surface area contributed by atoms with E-state index in [-0.39, 0.29) is 12.2 Å². The second-order valence-electron chi connectivity index (χ2n) is 7.17. The molecule has 0 aliphatic heterocycles. The zero-order valence-corrected chi connectivity index (χ0v) is 15.1. The van der Waals surface area contributed by atoms with E-state index in [9.17, 15) is 10.1 Å². The van der Waals surface area contributed by atoms with E-state index in [4.69, 9.17) is 19.3 Å². The molecule has 1 aromatic carbocycles. The van der Waals surface area contributed by atoms with Gasteiger partial charge >= 0.3 is 6.16 Å². The number of rotatable bonds is 5. The molecule has 1 aromatic rings. The molecule has 2 aliphatic rings. The number of methoxy groups -OCH3 is 1. The second kappa shape index (κ2) is 7.86. The Morgan fingerprint density at radius 3 is 2.42 bits per heavy atom. The van der Waals surface area contributed by atoms with E-state index in [1.165, 1.54) is 12.8 Å². The quantitative estimate of drug-likeness (QED) is 0.783. The van der Waals surface area contributed by atoms with Crippen LogP contribution in [-0.4, -0.2) is 30.6 Å². The van der Waals surface area contributed by atoms with Gasteiger partial charge in [-0.3, -0.25) is 0 Å². The second-order valence-corrected chi connectivity index (χ2v) is 7.17. The maximum absolute atomic E-state index is 10.7. The fourth-order valence-corrected chi connectivity index (χ4v) is 4.06. The van der Waals surface area contributed by atoms with Gasteiger partial charge in [0.25, 0.3) is 0 Å². The highest BCUT2D eigenvalue weighted by atomic mass is 16.7. The normalized spacial score (nSPS) is 26.1. The third kappa shape index (κ3) is 3.87. The zero-order chi connectivity index (χ0) is 18.6. The lowest BCUT2D eigenvalue weighted by molar-refractivity contribution is 0.0286. The minimum atomic E-state index is -1.25. The fourth-order valence-electron chi connectivity index (χ4n) is 4.06. The molecular formula is C20H25NO5. The number of carbonyl (C=O) groups is 1. The molecule has 140 valence electrons. The van der Waals surface area contributed by atoms with Crippen LogP contribution in [0.4, 0.5) is 4.79 Å². The lowest BCUT2D eigenvalue weighted by Gasteiger charge is -2.35. The molecule has 2 fully saturated rings. The molecule has 0 bridgehead atoms. The van der Waals surface area contributed by atoms with Crippen LogP contribution >= 0.6 is 0 Å². The largest absolute Gasteiger partial charge is 0.506 e. The average Bonchev–Trinajstić information content (AvgIpc) is 3.15. The van der Waals surface area contributed by atoms with Crippen LogP contribution in [0.25, 0.3) is 0 Å². The van der Waals surface area contributed by atoms with E-state index in [2.05, 4.69) is 6.07 Å². The first-order chi connectivity index (χ1) is 12.6. The van der Waals surface area contributed by atoms with Crippen molar-refractivity contribution in [2.75, 3.05) is 7.11 Å². The van der Waals surface area contributed by atoms with Gasteiger partial charge in [-0.05, 0) is 69.1 Å². The number of hydrogen-bond donors (Lipinski definition) is 1. The van der Waals surface area contributed by atoms with Gasteiger partial charge in [-0.1, -0.05) is 6.07 Å². The molecule has 0 radical (unpaired) electrons. The summed E-state index contributed by atoms with van der Waals surface area (Å²) >= 11 is 0. The van der Waals surface area contributed by atoms with Crippen molar-refractivity contribution in [3.63, 3.8) is 0 Å². The smallest absolute Gasteiger partial charge is 0.493 e. The SMILES string of the molecule is COc1ccc([C@]2(C#N)CC[C@H](OC(=O)O)CC2)cc1OC1CCCC1. The maximum Gasteiger partial charge on any atom is 0.506 e. The van der Waals surface area contributed by atoms with Crippen LogP contribution in [-0.2, 0) is 10.2 Å². The van der Waals surface area contributed by atoms with Crippen LogP contribution in [0.15, 0.2) is 18.2 Å². The minimum Gasteiger partial charge on any atom is -0.493 e. The Labute approximate surface area is 153 Å². The Kier molecular flexibility index (Phi) is 5.55. The molecule has 0 atom stereocenters. The van der Waals surface area contributed by atoms with Crippen LogP contribution in [0.3, 0.4) is 0 Å². The molecular weight excluding hydrogens is 334 g/mol. The molecule has 6 heteroatoms. The third-order valence-corrected chi connectivity index (χ3v) is 5.58. The lowest BCUT2D eigenvalue weighted by atomic mass is 9.69. The van der Waals surface area contributed by atoms with Crippen molar-refractivity contribution in [2.24, 2.45) is 0 Å². The summed E-state index contributed by atoms with van der Waals surface area (Å²) < 4.78 is 16.5. The maximum atomic E-state index is 10.7. The Hall–Kier alpha value is -2.42. The summed E-state index contributed by atoms with van der Waals surface area (Å²) in [4.78, 5) is 10.7. The van der Waals surface area contributed by atoms with E-state index in [0.29, 0.717) is 37.2 Å². The lowest BCUT2D eigenvalue weighted by Crippen LogP contribution is -2.34. The van der Waals surface area contributed by atoms with Gasteiger partial charge in [-0.2, -0.15) is 5.26 Å². The van der Waals surface area contributed by atoms with E-state index < -0.39 is 11.6 Å². The van der Waals surface area contributed by atoms with Crippen molar-refractivity contribution >= 4 is 6.16 Å². The minimum absolute atomic E-state index is 0.205. The fraction of sp³-hybridized carbons (Fsp3) is 0.600. The van der Waals surface area contributed by atoms with Gasteiger partial charge in [0.2, 0.25) is 0 Å². The predicted octanol–water partition coefficient (Wildman–Crippen LogP) is 4.42. The Morgan fingerprint density at radius 2 is 1.85 bits per heavy atom. The zero-order valence-electron chi connectivity index (χ0n) is 15.1. The molecule has 0 saturated heterocycles. The van der Waals surface area contributed by atoms with Crippen molar-refractivity contribution in [1.82, 2.24) is 0 Å². The number of benzene rings is 1. The third-order valence-electron chi connectivity index (χ3n) is 5.58. The number of carboxylic acid groups (broad SMARTS) is 1. The first-order valence-corrected chi connectivity index (χ1v) is 9.22. The van der Waals surface area contributed by atoms with E-state index >= 15 is 0 Å². The average molecular weight is 359 g/mol. The van der Waals surface area contributed by atoms with Crippen molar-refractivity contribution in [3.8, 4) is 17.6 Å². The summed E-state index contributed by atoms with van der Waals surface area (Å²) in [5.41, 5.74) is 0.265. The topological polar surface area (TPSA) is 88.8 Å². The Balaban J connectivity index is 1.80. The van der Waals surface area contributed by atoms with E-state index in [1.54, 1.807) is 7.11 Å². The molecule has 26 heavy (non-hydrogen) atoms. The molecule has 2 saturated carbocycles. The van der Waals surface area contributed by atoms with Gasteiger partial charge < -0.3 is 19.3 Å². The first-order valence-electron chi connectivity index (χ1n) is 9.22. The molecule has 0 amide bonds. The van der Waals surface area contributed by atoms with Gasteiger partial charge in [-0.15, -0.1) is 0 Å². The highest BCUT2D eigenvalue weighted by molar-refractivity contribution is 5.57. The summed E-state index contributed by atoms with van der Waals surface area (Å²) in [7, 11) is 1.62. The summed E-state index contributed by atoms with van der Waals surface area (Å²) in [6, 6.07) is 8.17. The number of hydrogen-bond acceptors (Lipinski definition) is 5. The van der Waals surface area contributed by atoms with Crippen molar-refractivity contribution in [2.45, 2.75) is 69.0 Å². The number of ether oxygens (including phenoxy) is 3. The number of nitriles is 1. The van der Waals surface area contributed by atoms with Gasteiger partial charge in [0, 0.05) is 0 Å². The van der Waals surface area contributed by atoms with Crippen molar-refractivity contribution in [3.05, 3.63) is 23.8 Å². The van der Waals surface area contributed by atoms with Crippen LogP contribution in [0, 0.1) is 11.3 Å². The Bertz CT molecular complexity index is 682. The molecule has 0 spiro atoms. The van der Waals surface area contributed by atoms with E-state index in [0.717, 1.165) is 18.4 Å². The number of nitrogens with zero attached hydrogens (tertiary/aromatic N) is 1. The highest BCUT2D eigenvalue weighted by Crippen LogP contribution is 2.43. The van der Waals surface area contributed by atoms with Crippen LogP contribution in [0.1, 0.15) is 56.9 Å². The van der Waals surface area contributed by atoms with Crippen LogP contribution in [0.5, 0.6) is 11.5 Å². The van der Waals surface area contributed by atoms with Gasteiger partial charge in [0.05, 0.1) is 24.7 Å². The Morgan fingerprint density at radius 1 is 1.15 bits per heavy atom. The summed E-state index contributed by atoms with van der Waals surface area (Å²) in [5.74, 6) is 1.37. The monoisotopic (exact) mass is 359 g/mol. The van der Waals surface area contributed by atoms with Crippen LogP contribution in [0.2, 0.25) is 0 Å². The predicted molar refractivity (Wildman–Crippen MR) is 94.5 cm³/mol. The summed E-state index contributed by atoms with van der Waals surface area (Å²) in [6.07, 6.45) is 5.30. The highest BCUT2D eigenvalue weighted by Gasteiger charge is 2.39. The molecule has 0 aromatic heterocycles. The van der Waals surface area contributed by atoms with Gasteiger partial charge in [0.1, 0.15) is 6.10 Å². The molecule has 2 aliphatic carbocycles. The molecule has 0 heterocycles. The molecule has 1 N–H and O–H groups in total. The van der Waals surface area contributed by atoms with Crippen molar-refractivity contribution < 1.29 is 24.1 Å². The van der Waals surface area contributed by atoms with Crippen LogP contribution < -0.4 is 9.47 Å². The molecule has 6 nitrogen and oxygen atoms in total. The van der Waals surface area contributed by atoms with Crippen molar-refractivity contribution in [1.29, 1.82) is 5.26 Å². The standard InChI is InChI=1S/C20H25NO5/c1-24-17-7-6-14(12-18(17)25-15-4-2-3-5-15)20(13-21)10-8-16(9-11-20)26-19(22)23/h6-7,12,15-16H,2-5,8-11H2,1H3,(H,22,23)/t16-,20+. The van der Waals surface area contributed by atoms with Gasteiger partial charge in [-0.25, -0.2) is 4.79 Å². The summed E-state index contributed by atoms with van der Waals surface area (Å²) in [5, 5.41) is 18.7. The van der Waals surface area contributed by atoms with Gasteiger partial charge in [0.15, 0.2) is 11.5 Å². The molecule has 3 rings (SSSR count). The first kappa shape index (κ1) is 18.4. The molecule has 0 unspecified atom stereocenters.